The molecule has 0 fully saturated rings. The van der Waals surface area contributed by atoms with Crippen LogP contribution in [0.1, 0.15) is 33.6 Å². The first kappa shape index (κ1) is 19.0. The van der Waals surface area contributed by atoms with Crippen molar-refractivity contribution in [3.8, 4) is 11.3 Å². The molecule has 0 aliphatic carbocycles. The van der Waals surface area contributed by atoms with Gasteiger partial charge in [0.2, 0.25) is 0 Å². The Hall–Kier alpha value is -2.49. The number of rotatable bonds is 5. The zero-order valence-corrected chi connectivity index (χ0v) is 21.3. The molecular weight excluding hydrogens is 422 g/mol. The molecule has 0 bridgehead atoms. The lowest BCUT2D eigenvalue weighted by atomic mass is 9.92. The predicted molar refractivity (Wildman–Crippen MR) is 146 cm³/mol. The Bertz CT molecular complexity index is 1530. The average molecular weight is 456 g/mol. The molecule has 0 amide bonds. The number of hydrogen-bond acceptors (Lipinski definition) is 2. The number of thiophene rings is 1. The molecule has 162 valence electrons. The SMILES string of the molecule is [2H]C([2H])(C[Si](C)(C)C)c1cccc2c1sc1c(-c3cc(C(C)C)c4ccccc4c3)nccc12. The van der Waals surface area contributed by atoms with E-state index >= 15 is 0 Å². The standard InChI is InChI=1S/C29H31NSSi/c1-19(2)26-18-22(17-21-9-6-7-11-23(21)26)27-29-25(13-15-30-27)24-12-8-10-20(28(24)31-29)14-16-32(3,4)5/h6-13,15,17-19H,14,16H2,1-5H3/i14D2. The molecule has 3 heteroatoms. The van der Waals surface area contributed by atoms with Crippen LogP contribution in [-0.2, 0) is 6.37 Å². The summed E-state index contributed by atoms with van der Waals surface area (Å²) in [7, 11) is -1.59. The Morgan fingerprint density at radius 1 is 0.906 bits per heavy atom. The molecule has 2 aromatic heterocycles. The van der Waals surface area contributed by atoms with Gasteiger partial charge in [-0.05, 0) is 52.4 Å². The Labute approximate surface area is 199 Å². The third kappa shape index (κ3) is 3.89. The summed E-state index contributed by atoms with van der Waals surface area (Å²) in [6.07, 6.45) is 0.559. The maximum Gasteiger partial charge on any atom is 0.0880 e. The molecule has 5 rings (SSSR count). The van der Waals surface area contributed by atoms with Crippen LogP contribution < -0.4 is 0 Å². The Morgan fingerprint density at radius 3 is 2.44 bits per heavy atom. The van der Waals surface area contributed by atoms with E-state index in [0.29, 0.717) is 12.0 Å². The van der Waals surface area contributed by atoms with Gasteiger partial charge in [0.05, 0.1) is 10.4 Å². The van der Waals surface area contributed by atoms with Gasteiger partial charge in [0.15, 0.2) is 0 Å². The summed E-state index contributed by atoms with van der Waals surface area (Å²) in [6.45, 7) is 11.2. The lowest BCUT2D eigenvalue weighted by Crippen LogP contribution is -2.19. The van der Waals surface area contributed by atoms with Crippen molar-refractivity contribution in [2.75, 3.05) is 0 Å². The zero-order valence-electron chi connectivity index (χ0n) is 21.5. The normalized spacial score (nSPS) is 13.8. The second-order valence-corrected chi connectivity index (χ2v) is 16.7. The summed E-state index contributed by atoms with van der Waals surface area (Å²) in [5, 5.41) is 4.82. The molecule has 0 atom stereocenters. The van der Waals surface area contributed by atoms with E-state index in [2.05, 4.69) is 82.0 Å². The Kier molecular flexibility index (Phi) is 4.83. The largest absolute Gasteiger partial charge is 0.255 e. The van der Waals surface area contributed by atoms with Gasteiger partial charge in [0, 0.05) is 38.0 Å². The number of aryl methyl sites for hydroxylation is 1. The molecule has 0 saturated heterocycles. The van der Waals surface area contributed by atoms with Crippen molar-refractivity contribution in [3.63, 3.8) is 0 Å². The van der Waals surface area contributed by atoms with Gasteiger partial charge in [-0.3, -0.25) is 4.98 Å². The second-order valence-electron chi connectivity index (χ2n) is 10.2. The summed E-state index contributed by atoms with van der Waals surface area (Å²) in [6, 6.07) is 22.0. The van der Waals surface area contributed by atoms with Crippen LogP contribution in [-0.4, -0.2) is 13.1 Å². The zero-order chi connectivity index (χ0) is 24.3. The van der Waals surface area contributed by atoms with Crippen LogP contribution >= 0.6 is 11.3 Å². The topological polar surface area (TPSA) is 12.9 Å². The number of hydrogen-bond donors (Lipinski definition) is 0. The maximum absolute atomic E-state index is 8.95. The van der Waals surface area contributed by atoms with Gasteiger partial charge in [-0.1, -0.05) is 82.0 Å². The minimum Gasteiger partial charge on any atom is -0.255 e. The van der Waals surface area contributed by atoms with Crippen LogP contribution in [0, 0.1) is 0 Å². The van der Waals surface area contributed by atoms with Gasteiger partial charge in [-0.25, -0.2) is 0 Å². The van der Waals surface area contributed by atoms with E-state index in [-0.39, 0.29) is 0 Å². The number of benzene rings is 3. The Balaban J connectivity index is 1.77. The fourth-order valence-corrected chi connectivity index (χ4v) is 6.40. The lowest BCUT2D eigenvalue weighted by Gasteiger charge is -2.15. The number of nitrogens with zero attached hydrogens (tertiary/aromatic N) is 1. The highest BCUT2D eigenvalue weighted by Crippen LogP contribution is 2.42. The minimum atomic E-state index is -1.59. The molecule has 1 nitrogen and oxygen atoms in total. The summed E-state index contributed by atoms with van der Waals surface area (Å²) >= 11 is 1.70. The highest BCUT2D eigenvalue weighted by atomic mass is 32.1. The third-order valence-corrected chi connectivity index (χ3v) is 8.51. The molecule has 2 heterocycles. The molecule has 0 spiro atoms. The van der Waals surface area contributed by atoms with Crippen LogP contribution in [0.4, 0.5) is 0 Å². The van der Waals surface area contributed by atoms with E-state index in [1.165, 1.54) is 16.3 Å². The van der Waals surface area contributed by atoms with Gasteiger partial charge in [-0.15, -0.1) is 11.3 Å². The number of pyridine rings is 1. The molecule has 5 aromatic rings. The van der Waals surface area contributed by atoms with Gasteiger partial charge < -0.3 is 0 Å². The first-order chi connectivity index (χ1) is 16.0. The smallest absolute Gasteiger partial charge is 0.0880 e. The molecule has 0 aliphatic heterocycles. The summed E-state index contributed by atoms with van der Waals surface area (Å²) in [5.41, 5.74) is 4.27. The van der Waals surface area contributed by atoms with Crippen molar-refractivity contribution in [3.05, 3.63) is 78.0 Å². The van der Waals surface area contributed by atoms with Crippen molar-refractivity contribution < 1.29 is 2.74 Å². The average Bonchev–Trinajstić information content (AvgIpc) is 3.15. The first-order valence-corrected chi connectivity index (χ1v) is 15.9. The summed E-state index contributed by atoms with van der Waals surface area (Å²) in [4.78, 5) is 4.85. The van der Waals surface area contributed by atoms with Crippen molar-refractivity contribution in [2.45, 2.75) is 51.8 Å². The van der Waals surface area contributed by atoms with Gasteiger partial charge in [-0.2, -0.15) is 0 Å². The number of fused-ring (bicyclic) bond motifs is 4. The molecule has 0 radical (unpaired) electrons. The van der Waals surface area contributed by atoms with E-state index in [4.69, 9.17) is 7.73 Å². The van der Waals surface area contributed by atoms with Crippen LogP contribution in [0.25, 0.3) is 42.2 Å². The summed E-state index contributed by atoms with van der Waals surface area (Å²) < 4.78 is 20.1. The van der Waals surface area contributed by atoms with E-state index in [1.807, 2.05) is 18.3 Å². The molecule has 32 heavy (non-hydrogen) atoms. The predicted octanol–water partition coefficient (Wildman–Crippen LogP) is 9.27. The molecule has 0 N–H and O–H groups in total. The van der Waals surface area contributed by atoms with Crippen LogP contribution in [0.15, 0.2) is 66.9 Å². The molecule has 3 aromatic carbocycles. The highest BCUT2D eigenvalue weighted by Gasteiger charge is 2.18. The summed E-state index contributed by atoms with van der Waals surface area (Å²) in [5.74, 6) is 0.409. The fourth-order valence-electron chi connectivity index (χ4n) is 4.38. The van der Waals surface area contributed by atoms with Crippen molar-refractivity contribution >= 4 is 50.4 Å². The molecule has 0 aliphatic rings. The highest BCUT2D eigenvalue weighted by molar-refractivity contribution is 7.26. The van der Waals surface area contributed by atoms with Crippen LogP contribution in [0.3, 0.4) is 0 Å². The van der Waals surface area contributed by atoms with Crippen LogP contribution in [0.5, 0.6) is 0 Å². The number of aromatic nitrogens is 1. The van der Waals surface area contributed by atoms with E-state index in [1.54, 1.807) is 11.3 Å². The maximum atomic E-state index is 8.95. The minimum absolute atomic E-state index is 0.409. The Morgan fingerprint density at radius 2 is 1.66 bits per heavy atom. The first-order valence-electron chi connectivity index (χ1n) is 12.4. The third-order valence-electron chi connectivity index (χ3n) is 6.01. The fraction of sp³-hybridized carbons (Fsp3) is 0.276. The van der Waals surface area contributed by atoms with E-state index in [0.717, 1.165) is 37.0 Å². The van der Waals surface area contributed by atoms with Gasteiger partial charge in [0.1, 0.15) is 0 Å². The lowest BCUT2D eigenvalue weighted by molar-refractivity contribution is 0.876. The molecular formula is C29H31NSSi. The quantitative estimate of drug-likeness (QED) is 0.241. The van der Waals surface area contributed by atoms with E-state index < -0.39 is 14.4 Å². The molecule has 0 saturated carbocycles. The molecule has 0 unspecified atom stereocenters. The van der Waals surface area contributed by atoms with Crippen molar-refractivity contribution in [1.29, 1.82) is 0 Å². The van der Waals surface area contributed by atoms with Crippen molar-refractivity contribution in [2.24, 2.45) is 0 Å². The van der Waals surface area contributed by atoms with Gasteiger partial charge in [0.25, 0.3) is 0 Å². The monoisotopic (exact) mass is 455 g/mol. The van der Waals surface area contributed by atoms with Gasteiger partial charge >= 0.3 is 0 Å². The van der Waals surface area contributed by atoms with E-state index in [9.17, 15) is 0 Å². The second kappa shape index (κ2) is 8.13. The van der Waals surface area contributed by atoms with Crippen LogP contribution in [0.2, 0.25) is 25.7 Å². The van der Waals surface area contributed by atoms with Crippen molar-refractivity contribution in [1.82, 2.24) is 4.98 Å².